The van der Waals surface area contributed by atoms with E-state index in [1.165, 1.54) is 0 Å². The summed E-state index contributed by atoms with van der Waals surface area (Å²) >= 11 is 0. The van der Waals surface area contributed by atoms with Gasteiger partial charge >= 0.3 is 0 Å². The van der Waals surface area contributed by atoms with Gasteiger partial charge in [0.15, 0.2) is 28.7 Å². The molecule has 0 atom stereocenters. The minimum atomic E-state index is -0.422. The van der Waals surface area contributed by atoms with Crippen LogP contribution in [-0.2, 0) is 13.0 Å². The van der Waals surface area contributed by atoms with Crippen LogP contribution in [-0.4, -0.2) is 30.8 Å². The van der Waals surface area contributed by atoms with Crippen LogP contribution in [0.5, 0.6) is 0 Å². The average Bonchev–Trinajstić information content (AvgIpc) is 3.65. The SMILES string of the molecule is CCc1nc(-c2nc(-c3nc(-c4nc(C(=O)NCc5nc(C)c(C)o5)c(C)o4)c(C)o3)c(C)o2)c(C)o1. The monoisotopic (exact) mass is 506 g/mol. The fourth-order valence-corrected chi connectivity index (χ4v) is 3.76. The van der Waals surface area contributed by atoms with Gasteiger partial charge in [0.25, 0.3) is 5.91 Å². The molecule has 5 heterocycles. The lowest BCUT2D eigenvalue weighted by Crippen LogP contribution is -2.24. The van der Waals surface area contributed by atoms with E-state index in [1.54, 1.807) is 27.7 Å². The number of nitrogens with one attached hydrogen (secondary N) is 1. The van der Waals surface area contributed by atoms with Crippen LogP contribution in [0.3, 0.4) is 0 Å². The number of carbonyl (C=O) groups is 1. The van der Waals surface area contributed by atoms with Crippen LogP contribution in [0.2, 0.25) is 0 Å². The van der Waals surface area contributed by atoms with E-state index in [-0.39, 0.29) is 24.0 Å². The van der Waals surface area contributed by atoms with E-state index in [4.69, 9.17) is 22.1 Å². The van der Waals surface area contributed by atoms with Gasteiger partial charge < -0.3 is 27.4 Å². The molecule has 37 heavy (non-hydrogen) atoms. The highest BCUT2D eigenvalue weighted by Crippen LogP contribution is 2.33. The number of rotatable bonds is 7. The number of nitrogens with zero attached hydrogens (tertiary/aromatic N) is 5. The molecule has 1 N–H and O–H groups in total. The summed E-state index contributed by atoms with van der Waals surface area (Å²) in [6.45, 7) is 12.7. The normalized spacial score (nSPS) is 11.4. The van der Waals surface area contributed by atoms with Crippen LogP contribution in [0.1, 0.15) is 63.7 Å². The van der Waals surface area contributed by atoms with Crippen LogP contribution < -0.4 is 5.32 Å². The zero-order valence-corrected chi connectivity index (χ0v) is 21.6. The maximum Gasteiger partial charge on any atom is 0.273 e. The topological polar surface area (TPSA) is 159 Å². The molecule has 0 bridgehead atoms. The van der Waals surface area contributed by atoms with Crippen molar-refractivity contribution in [3.8, 4) is 34.8 Å². The lowest BCUT2D eigenvalue weighted by Gasteiger charge is -1.99. The Balaban J connectivity index is 1.39. The van der Waals surface area contributed by atoms with Crippen LogP contribution in [0.4, 0.5) is 0 Å². The Morgan fingerprint density at radius 3 is 1.68 bits per heavy atom. The number of hydrogen-bond acceptors (Lipinski definition) is 11. The van der Waals surface area contributed by atoms with E-state index in [9.17, 15) is 4.79 Å². The Kier molecular flexibility index (Phi) is 6.02. The van der Waals surface area contributed by atoms with Gasteiger partial charge in [-0.25, -0.2) is 24.9 Å². The van der Waals surface area contributed by atoms with Gasteiger partial charge in [-0.3, -0.25) is 4.79 Å². The molecule has 12 heteroatoms. The molecule has 0 fully saturated rings. The molecule has 192 valence electrons. The molecule has 0 spiro atoms. The van der Waals surface area contributed by atoms with Crippen LogP contribution in [0.25, 0.3) is 34.8 Å². The van der Waals surface area contributed by atoms with E-state index in [1.807, 2.05) is 20.8 Å². The van der Waals surface area contributed by atoms with Gasteiger partial charge in [0.2, 0.25) is 23.6 Å². The third kappa shape index (κ3) is 4.46. The highest BCUT2D eigenvalue weighted by atomic mass is 16.4. The second-order valence-corrected chi connectivity index (χ2v) is 8.57. The molecule has 0 aliphatic carbocycles. The fraction of sp³-hybridized carbons (Fsp3) is 0.360. The number of oxazole rings is 5. The molecule has 1 amide bonds. The van der Waals surface area contributed by atoms with Crippen molar-refractivity contribution in [2.45, 2.75) is 61.4 Å². The first-order valence-electron chi connectivity index (χ1n) is 11.7. The summed E-state index contributed by atoms with van der Waals surface area (Å²) in [5, 5.41) is 2.75. The Morgan fingerprint density at radius 2 is 1.14 bits per heavy atom. The minimum Gasteiger partial charge on any atom is -0.445 e. The molecule has 12 nitrogen and oxygen atoms in total. The molecule has 0 saturated carbocycles. The molecule has 5 aromatic rings. The first kappa shape index (κ1) is 24.2. The Hall–Kier alpha value is -4.48. The van der Waals surface area contributed by atoms with Gasteiger partial charge in [0.1, 0.15) is 28.8 Å². The third-order valence-electron chi connectivity index (χ3n) is 5.83. The van der Waals surface area contributed by atoms with E-state index in [0.29, 0.717) is 70.0 Å². The fourth-order valence-electron chi connectivity index (χ4n) is 3.76. The molecule has 5 rings (SSSR count). The zero-order valence-electron chi connectivity index (χ0n) is 21.6. The van der Waals surface area contributed by atoms with Crippen molar-refractivity contribution >= 4 is 5.91 Å². The quantitative estimate of drug-likeness (QED) is 0.317. The lowest BCUT2D eigenvalue weighted by molar-refractivity contribution is 0.0941. The van der Waals surface area contributed by atoms with Crippen molar-refractivity contribution in [2.24, 2.45) is 0 Å². The Morgan fingerprint density at radius 1 is 0.622 bits per heavy atom. The summed E-state index contributed by atoms with van der Waals surface area (Å²) in [6.07, 6.45) is 0.657. The highest BCUT2D eigenvalue weighted by molar-refractivity contribution is 5.93. The largest absolute Gasteiger partial charge is 0.445 e. The average molecular weight is 507 g/mol. The first-order chi connectivity index (χ1) is 17.6. The zero-order chi connectivity index (χ0) is 26.4. The maximum atomic E-state index is 12.7. The summed E-state index contributed by atoms with van der Waals surface area (Å²) < 4.78 is 28.6. The van der Waals surface area contributed by atoms with E-state index in [0.717, 1.165) is 5.69 Å². The van der Waals surface area contributed by atoms with Gasteiger partial charge in [-0.15, -0.1) is 0 Å². The van der Waals surface area contributed by atoms with Crippen LogP contribution in [0.15, 0.2) is 22.1 Å². The summed E-state index contributed by atoms with van der Waals surface area (Å²) in [6, 6.07) is 0. The lowest BCUT2D eigenvalue weighted by atomic mass is 10.3. The van der Waals surface area contributed by atoms with Gasteiger partial charge in [-0.2, -0.15) is 0 Å². The van der Waals surface area contributed by atoms with Crippen molar-refractivity contribution in [1.82, 2.24) is 30.2 Å². The summed E-state index contributed by atoms with van der Waals surface area (Å²) in [5.74, 6) is 3.90. The Labute approximate surface area is 211 Å². The van der Waals surface area contributed by atoms with Crippen molar-refractivity contribution in [1.29, 1.82) is 0 Å². The van der Waals surface area contributed by atoms with Gasteiger partial charge in [-0.05, 0) is 41.5 Å². The molecule has 0 aliphatic heterocycles. The third-order valence-corrected chi connectivity index (χ3v) is 5.83. The minimum absolute atomic E-state index is 0.126. The molecule has 5 aromatic heterocycles. The highest BCUT2D eigenvalue weighted by Gasteiger charge is 2.26. The summed E-state index contributed by atoms with van der Waals surface area (Å²) in [7, 11) is 0. The second kappa shape index (κ2) is 9.19. The Bertz CT molecular complexity index is 1590. The van der Waals surface area contributed by atoms with Crippen LogP contribution >= 0.6 is 0 Å². The second-order valence-electron chi connectivity index (χ2n) is 8.57. The number of hydrogen-bond donors (Lipinski definition) is 1. The smallest absolute Gasteiger partial charge is 0.273 e. The molecule has 0 unspecified atom stereocenters. The van der Waals surface area contributed by atoms with Crippen LogP contribution in [0, 0.1) is 41.5 Å². The van der Waals surface area contributed by atoms with Crippen molar-refractivity contribution in [3.05, 3.63) is 52.0 Å². The van der Waals surface area contributed by atoms with E-state index < -0.39 is 5.91 Å². The molecular weight excluding hydrogens is 480 g/mol. The summed E-state index contributed by atoms with van der Waals surface area (Å²) in [5.41, 5.74) is 2.21. The van der Waals surface area contributed by atoms with E-state index >= 15 is 0 Å². The van der Waals surface area contributed by atoms with Crippen molar-refractivity contribution in [2.75, 3.05) is 0 Å². The first-order valence-corrected chi connectivity index (χ1v) is 11.7. The van der Waals surface area contributed by atoms with Gasteiger partial charge in [0, 0.05) is 6.42 Å². The standard InChI is InChI=1S/C25H26N6O6/c1-8-16-28-19(13(5)34-16)23-30-21(15(7)36-23)25-31-20(14(6)37-25)24-29-18(12(4)35-24)22(32)26-9-17-27-10(2)11(3)33-17/h8-9H2,1-7H3,(H,26,32). The number of aryl methyl sites for hydroxylation is 7. The molecular formula is C25H26N6O6. The summed E-state index contributed by atoms with van der Waals surface area (Å²) in [4.78, 5) is 34.9. The van der Waals surface area contributed by atoms with Gasteiger partial charge in [-0.1, -0.05) is 6.92 Å². The van der Waals surface area contributed by atoms with E-state index in [2.05, 4.69) is 30.2 Å². The number of amides is 1. The van der Waals surface area contributed by atoms with Crippen molar-refractivity contribution < 1.29 is 26.9 Å². The van der Waals surface area contributed by atoms with Crippen molar-refractivity contribution in [3.63, 3.8) is 0 Å². The predicted molar refractivity (Wildman–Crippen MR) is 128 cm³/mol. The predicted octanol–water partition coefficient (Wildman–Crippen LogP) is 4.97. The molecule has 0 saturated heterocycles. The van der Waals surface area contributed by atoms with Gasteiger partial charge in [0.05, 0.1) is 12.2 Å². The molecule has 0 radical (unpaired) electrons. The molecule has 0 aromatic carbocycles. The number of aromatic nitrogens is 5. The number of carbonyl (C=O) groups excluding carboxylic acids is 1. The molecule has 0 aliphatic rings. The maximum absolute atomic E-state index is 12.7.